The first-order valence-electron chi connectivity index (χ1n) is 22.3. The highest BCUT2D eigenvalue weighted by Crippen LogP contribution is 2.70. The Morgan fingerprint density at radius 1 is 0.863 bits per heavy atom. The van der Waals surface area contributed by atoms with Crippen molar-refractivity contribution in [3.8, 4) is 22.5 Å². The Kier molecular flexibility index (Phi) is 17.2. The fraction of sp³-hybridized carbons (Fsp3) is 0.381. The van der Waals surface area contributed by atoms with Crippen molar-refractivity contribution in [2.45, 2.75) is 57.0 Å². The summed E-state index contributed by atoms with van der Waals surface area (Å²) in [4.78, 5) is 79.9. The number of phosphoric acid groups is 3. The van der Waals surface area contributed by atoms with E-state index >= 15 is 0 Å². The molecule has 0 spiro atoms. The number of phosphoric ester groups is 1. The number of carbonyl (C=O) groups is 2. The molecule has 1 amide bonds. The van der Waals surface area contributed by atoms with E-state index in [1.807, 2.05) is 79.2 Å². The van der Waals surface area contributed by atoms with Crippen LogP contribution < -0.4 is 31.0 Å². The molecule has 10 N–H and O–H groups in total. The zero-order chi connectivity index (χ0) is 53.0. The second-order valence-electron chi connectivity index (χ2n) is 17.1. The number of aliphatic hydroxyl groups is 1. The number of aromatic carboxylic acids is 1. The quantitative estimate of drug-likeness (QED) is 0.0180. The van der Waals surface area contributed by atoms with Crippen LogP contribution in [0.4, 0.5) is 11.5 Å². The molecule has 0 bridgehead atoms. The van der Waals surface area contributed by atoms with Gasteiger partial charge in [0, 0.05) is 73.5 Å². The average Bonchev–Trinajstić information content (AvgIpc) is 3.91. The van der Waals surface area contributed by atoms with Gasteiger partial charge >= 0.3 is 37.2 Å². The molecule has 4 heterocycles. The Balaban J connectivity index is 0.834. The molecule has 1 saturated heterocycles. The minimum atomic E-state index is -6.03. The molecule has 394 valence electrons. The second kappa shape index (κ2) is 22.7. The molecule has 4 aromatic rings. The summed E-state index contributed by atoms with van der Waals surface area (Å²) in [6, 6.07) is 15.9. The number of hydrogen-bond acceptors (Lipinski definition) is 18. The fourth-order valence-electron chi connectivity index (χ4n) is 7.87. The molecule has 73 heavy (non-hydrogen) atoms. The number of unbranched alkanes of at least 4 members (excludes halogenated alkanes) is 4. The first-order valence-corrected chi connectivity index (χ1v) is 28.3. The van der Waals surface area contributed by atoms with Crippen molar-refractivity contribution in [1.82, 2.24) is 34.5 Å². The van der Waals surface area contributed by atoms with Crippen molar-refractivity contribution >= 4 is 76.7 Å². The normalized spacial score (nSPS) is 19.3. The van der Waals surface area contributed by atoms with Crippen LogP contribution in [-0.4, -0.2) is 121 Å². The highest BCUT2D eigenvalue weighted by atomic mass is 31.3. The molecular formula is C42H54N9O18P4+. The van der Waals surface area contributed by atoms with Crippen LogP contribution in [0.25, 0.3) is 44.6 Å². The molecule has 2 aliphatic heterocycles. The second-order valence-corrected chi connectivity index (χ2v) is 23.5. The molecule has 27 nitrogen and oxygen atoms in total. The Hall–Kier alpha value is -5.30. The number of benzene rings is 3. The van der Waals surface area contributed by atoms with Crippen molar-refractivity contribution in [1.29, 1.82) is 0 Å². The van der Waals surface area contributed by atoms with Crippen molar-refractivity contribution in [2.24, 2.45) is 0 Å². The van der Waals surface area contributed by atoms with Gasteiger partial charge in [0.15, 0.2) is 11.5 Å². The van der Waals surface area contributed by atoms with Gasteiger partial charge in [0.2, 0.25) is 5.36 Å². The van der Waals surface area contributed by atoms with E-state index in [1.54, 1.807) is 12.1 Å². The molecular weight excluding hydrogens is 1040 g/mol. The third kappa shape index (κ3) is 13.9. The lowest BCUT2D eigenvalue weighted by Gasteiger charge is -2.21. The van der Waals surface area contributed by atoms with Crippen LogP contribution in [0, 0.1) is 0 Å². The summed E-state index contributed by atoms with van der Waals surface area (Å²) in [5.41, 5.74) is 9.53. The Morgan fingerprint density at radius 2 is 1.55 bits per heavy atom. The van der Waals surface area contributed by atoms with Crippen molar-refractivity contribution in [2.75, 3.05) is 58.5 Å². The van der Waals surface area contributed by atoms with Gasteiger partial charge in [-0.15, -0.1) is 0 Å². The number of nitrogens with two attached hydrogens (primary N) is 1. The van der Waals surface area contributed by atoms with Crippen LogP contribution in [0.3, 0.4) is 0 Å². The summed E-state index contributed by atoms with van der Waals surface area (Å²) in [6.45, 7) is -0.898. The number of imidazole rings is 1. The smallest absolute Gasteiger partial charge is 0.478 e. The van der Waals surface area contributed by atoms with Gasteiger partial charge in [-0.2, -0.15) is 12.9 Å². The number of fused-ring (bicyclic) bond motifs is 3. The van der Waals surface area contributed by atoms with Crippen LogP contribution in [0.5, 0.6) is 0 Å². The van der Waals surface area contributed by atoms with Gasteiger partial charge in [0.1, 0.15) is 49.6 Å². The van der Waals surface area contributed by atoms with Crippen LogP contribution in [-0.2, 0) is 40.5 Å². The minimum Gasteiger partial charge on any atom is -0.478 e. The van der Waals surface area contributed by atoms with Gasteiger partial charge in [-0.1, -0.05) is 25.3 Å². The molecule has 7 rings (SSSR count). The standard InChI is InChI=1S/C42H53N9O18P4/c1-49(2)26-11-14-29-33(19-26)65-34-20-27(50(3)4)12-15-30(34)37(29)28-13-10-25(18-31(28)42(54)55)41(53)44-16-8-6-5-7-9-17-48-70(56,57)67-72(60,61)69-73(62,63)68-71(58,59)64-22-35-32(52)21-36(66-35)51-24-47-38-39(43)45-23-46-40(38)51/h10-15,18-20,23-24,32,35-36,52H,5-9,16-17,21-22H2,1-4H3,(H8-,43,44,45,46,48,53,54,55,56,57,58,59,60,61,62,63)/p+1/t32-,35+,36+/m0/s1. The van der Waals surface area contributed by atoms with Gasteiger partial charge < -0.3 is 54.9 Å². The lowest BCUT2D eigenvalue weighted by atomic mass is 9.89. The average molecular weight is 1100 g/mol. The minimum absolute atomic E-state index is 0.0777. The predicted octanol–water partition coefficient (Wildman–Crippen LogP) is 4.81. The summed E-state index contributed by atoms with van der Waals surface area (Å²) in [5.74, 6) is -1.08. The van der Waals surface area contributed by atoms with Crippen LogP contribution in [0.2, 0.25) is 0 Å². The largest absolute Gasteiger partial charge is 0.490 e. The van der Waals surface area contributed by atoms with E-state index in [0.29, 0.717) is 59.1 Å². The number of nitrogen functional groups attached to an aromatic ring is 1. The van der Waals surface area contributed by atoms with E-state index in [4.69, 9.17) is 14.9 Å². The maximum atomic E-state index is 13.2. The lowest BCUT2D eigenvalue weighted by molar-refractivity contribution is -0.0423. The number of carboxylic acid groups (broad SMARTS) is 1. The van der Waals surface area contributed by atoms with Gasteiger partial charge in [-0.3, -0.25) is 13.9 Å². The van der Waals surface area contributed by atoms with Gasteiger partial charge in [0.05, 0.1) is 30.7 Å². The summed E-state index contributed by atoms with van der Waals surface area (Å²) < 4.78 is 82.0. The molecule has 1 fully saturated rings. The summed E-state index contributed by atoms with van der Waals surface area (Å²) >= 11 is 0. The number of rotatable bonds is 23. The van der Waals surface area contributed by atoms with E-state index in [-0.39, 0.29) is 54.0 Å². The number of nitrogens with one attached hydrogen (secondary N) is 2. The molecule has 31 heteroatoms. The summed E-state index contributed by atoms with van der Waals surface area (Å²) in [6.07, 6.45) is 1.32. The molecule has 2 aromatic carbocycles. The van der Waals surface area contributed by atoms with Gasteiger partial charge in [-0.05, 0) is 48.7 Å². The van der Waals surface area contributed by atoms with Crippen LogP contribution >= 0.6 is 31.2 Å². The highest BCUT2D eigenvalue weighted by Gasteiger charge is 2.46. The van der Waals surface area contributed by atoms with Gasteiger partial charge in [-0.25, -0.2) is 47.7 Å². The third-order valence-electron chi connectivity index (χ3n) is 11.4. The zero-order valence-corrected chi connectivity index (χ0v) is 43.2. The number of hydrogen-bond donors (Lipinski definition) is 9. The number of nitrogens with zero attached hydrogens (tertiary/aromatic N) is 6. The van der Waals surface area contributed by atoms with E-state index in [2.05, 4.69) is 37.7 Å². The van der Waals surface area contributed by atoms with Crippen molar-refractivity contribution in [3.05, 3.63) is 83.7 Å². The van der Waals surface area contributed by atoms with Crippen LogP contribution in [0.15, 0.2) is 71.7 Å². The number of anilines is 2. The molecule has 1 aliphatic carbocycles. The maximum absolute atomic E-state index is 13.2. The van der Waals surface area contributed by atoms with E-state index in [1.165, 1.54) is 23.3 Å². The van der Waals surface area contributed by atoms with E-state index in [9.17, 15) is 57.6 Å². The number of carboxylic acids is 1. The number of aliphatic hydroxyl groups excluding tert-OH is 1. The Bertz CT molecular complexity index is 3280. The van der Waals surface area contributed by atoms with E-state index in [0.717, 1.165) is 11.0 Å². The number of carbonyl (C=O) groups excluding carboxylic acids is 1. The lowest BCUT2D eigenvalue weighted by Crippen LogP contribution is -2.26. The third-order valence-corrected chi connectivity index (χ3v) is 17.5. The number of amides is 1. The SMILES string of the molecule is CN(C)c1ccc2c(-c3ccc(C(=O)NCCCCCCCNP(=O)(O)OP(=O)(O)OP(=O)(O)OP(=O)(O)OC[C@H]4O[C@@H](n5cnc6c(N)ncnc65)C[C@@H]4O)cc3C(=O)O)c3ccc(=[N+](C)C)cc-3oc2c1. The first-order chi connectivity index (χ1) is 34.3. The van der Waals surface area contributed by atoms with Crippen LogP contribution in [0.1, 0.15) is 65.5 Å². The molecule has 4 unspecified atom stereocenters. The molecule has 2 aromatic heterocycles. The first kappa shape index (κ1) is 55.5. The fourth-order valence-corrected chi connectivity index (χ4v) is 13.0. The van der Waals surface area contributed by atoms with E-state index < -0.39 is 68.1 Å². The monoisotopic (exact) mass is 1100 g/mol. The number of aromatic nitrogens is 4. The molecule has 7 atom stereocenters. The number of ether oxygens (including phenoxy) is 1. The highest BCUT2D eigenvalue weighted by molar-refractivity contribution is 7.70. The van der Waals surface area contributed by atoms with Crippen molar-refractivity contribution in [3.63, 3.8) is 0 Å². The molecule has 0 saturated carbocycles. The predicted molar refractivity (Wildman–Crippen MR) is 263 cm³/mol. The topological polar surface area (TPSA) is 383 Å². The Morgan fingerprint density at radius 3 is 2.26 bits per heavy atom. The molecule has 0 radical (unpaired) electrons. The Labute approximate surface area is 416 Å². The summed E-state index contributed by atoms with van der Waals surface area (Å²) in [7, 11) is -15.2. The maximum Gasteiger partial charge on any atom is 0.490 e. The zero-order valence-electron chi connectivity index (χ0n) is 39.6. The molecule has 3 aliphatic rings. The van der Waals surface area contributed by atoms with Gasteiger partial charge in [0.25, 0.3) is 5.91 Å². The van der Waals surface area contributed by atoms with Crippen molar-refractivity contribution < 1.29 is 84.2 Å². The summed E-state index contributed by atoms with van der Waals surface area (Å²) in [5, 5.41) is 27.2.